The molecule has 238 valence electrons. The summed E-state index contributed by atoms with van der Waals surface area (Å²) in [6, 6.07) is 12.8. The van der Waals surface area contributed by atoms with Crippen molar-refractivity contribution in [3.63, 3.8) is 0 Å². The SMILES string of the molecule is O=C(C1=CCCC=C1C1C=CC=CC1)c1cc(C(=O)C2=CC=CCC2C2=CCCC=C2)cc(C(=O)c2ccccc2C2=CC=CCC2)c1. The highest BCUT2D eigenvalue weighted by Gasteiger charge is 2.29. The molecule has 2 aromatic carbocycles. The van der Waals surface area contributed by atoms with Gasteiger partial charge in [-0.3, -0.25) is 14.4 Å². The third-order valence-electron chi connectivity index (χ3n) is 9.91. The van der Waals surface area contributed by atoms with Crippen molar-refractivity contribution in [1.82, 2.24) is 0 Å². The summed E-state index contributed by atoms with van der Waals surface area (Å²) in [5.74, 6) is -0.419. The Hall–Kier alpha value is -5.15. The van der Waals surface area contributed by atoms with E-state index in [9.17, 15) is 14.4 Å². The van der Waals surface area contributed by atoms with E-state index in [1.807, 2.05) is 60.7 Å². The molecule has 5 aliphatic carbocycles. The van der Waals surface area contributed by atoms with Gasteiger partial charge in [0.25, 0.3) is 0 Å². The van der Waals surface area contributed by atoms with Crippen molar-refractivity contribution in [3.8, 4) is 0 Å². The lowest BCUT2D eigenvalue weighted by Gasteiger charge is -2.24. The van der Waals surface area contributed by atoms with Crippen LogP contribution in [0.15, 0.2) is 156 Å². The average molecular weight is 629 g/mol. The predicted octanol–water partition coefficient (Wildman–Crippen LogP) is 10.6. The summed E-state index contributed by atoms with van der Waals surface area (Å²) in [7, 11) is 0. The predicted molar refractivity (Wildman–Crippen MR) is 195 cm³/mol. The standard InChI is InChI=1S/C45H40O3/c46-43(40-25-13-10-22-37(40)31-16-4-1-5-17-31)34-28-35(44(47)41-26-14-11-23-38(41)32-18-6-2-7-19-32)30-36(29-34)45(48)42-27-15-12-24-39(42)33-20-8-3-9-21-33/h1-2,4-6,8,11-12,14-16,18,20-23,25-31,39H,3,7,9-10,13,17,19,24H2. The zero-order valence-electron chi connectivity index (χ0n) is 27.2. The molecule has 3 heteroatoms. The summed E-state index contributed by atoms with van der Waals surface area (Å²) in [6.07, 6.45) is 38.3. The van der Waals surface area contributed by atoms with Gasteiger partial charge in [0.2, 0.25) is 0 Å². The molecule has 0 bridgehead atoms. The summed E-state index contributed by atoms with van der Waals surface area (Å²) in [5, 5.41) is 0. The summed E-state index contributed by atoms with van der Waals surface area (Å²) < 4.78 is 0. The molecule has 2 aromatic rings. The van der Waals surface area contributed by atoms with Gasteiger partial charge in [-0.2, -0.15) is 0 Å². The van der Waals surface area contributed by atoms with Crippen molar-refractivity contribution in [2.45, 2.75) is 51.4 Å². The molecule has 0 heterocycles. The fraction of sp³-hybridized carbons (Fsp3) is 0.222. The van der Waals surface area contributed by atoms with E-state index in [1.54, 1.807) is 18.2 Å². The van der Waals surface area contributed by atoms with Gasteiger partial charge in [0.05, 0.1) is 0 Å². The first-order valence-corrected chi connectivity index (χ1v) is 17.3. The van der Waals surface area contributed by atoms with Crippen LogP contribution in [0.4, 0.5) is 0 Å². The van der Waals surface area contributed by atoms with Gasteiger partial charge in [-0.15, -0.1) is 0 Å². The molecule has 5 aliphatic rings. The third kappa shape index (κ3) is 6.51. The molecule has 2 atom stereocenters. The Labute approximate surface area is 283 Å². The fourth-order valence-electron chi connectivity index (χ4n) is 7.44. The second-order valence-corrected chi connectivity index (χ2v) is 13.0. The van der Waals surface area contributed by atoms with Gasteiger partial charge in [-0.25, -0.2) is 0 Å². The van der Waals surface area contributed by atoms with E-state index in [4.69, 9.17) is 0 Å². The molecule has 2 unspecified atom stereocenters. The van der Waals surface area contributed by atoms with Gasteiger partial charge >= 0.3 is 0 Å². The maximum Gasteiger partial charge on any atom is 0.193 e. The van der Waals surface area contributed by atoms with Gasteiger partial charge in [0, 0.05) is 45.2 Å². The Morgan fingerprint density at radius 3 is 2.15 bits per heavy atom. The number of benzene rings is 2. The van der Waals surface area contributed by atoms with Crippen LogP contribution in [-0.2, 0) is 0 Å². The topological polar surface area (TPSA) is 51.2 Å². The number of carbonyl (C=O) groups excluding carboxylic acids is 3. The quantitative estimate of drug-likeness (QED) is 0.260. The molecule has 0 saturated heterocycles. The van der Waals surface area contributed by atoms with Crippen molar-refractivity contribution >= 4 is 22.9 Å². The third-order valence-corrected chi connectivity index (χ3v) is 9.91. The molecular weight excluding hydrogens is 588 g/mol. The van der Waals surface area contributed by atoms with E-state index in [0.717, 1.165) is 73.6 Å². The molecule has 0 amide bonds. The van der Waals surface area contributed by atoms with E-state index in [1.165, 1.54) is 0 Å². The minimum Gasteiger partial charge on any atom is -0.289 e. The molecule has 0 spiro atoms. The summed E-state index contributed by atoms with van der Waals surface area (Å²) >= 11 is 0. The van der Waals surface area contributed by atoms with Crippen LogP contribution >= 0.6 is 0 Å². The maximum absolute atomic E-state index is 14.5. The molecule has 0 radical (unpaired) electrons. The van der Waals surface area contributed by atoms with Crippen LogP contribution in [0.5, 0.6) is 0 Å². The lowest BCUT2D eigenvalue weighted by Crippen LogP contribution is -2.19. The second kappa shape index (κ2) is 14.3. The largest absolute Gasteiger partial charge is 0.289 e. The minimum atomic E-state index is -0.189. The number of carbonyl (C=O) groups is 3. The summed E-state index contributed by atoms with van der Waals surface area (Å²) in [4.78, 5) is 43.5. The molecule has 0 saturated carbocycles. The van der Waals surface area contributed by atoms with Gasteiger partial charge in [-0.05, 0) is 91.8 Å². The van der Waals surface area contributed by atoms with Crippen LogP contribution in [0.2, 0.25) is 0 Å². The molecule has 0 fully saturated rings. The first-order valence-electron chi connectivity index (χ1n) is 17.3. The Balaban J connectivity index is 1.32. The zero-order valence-corrected chi connectivity index (χ0v) is 27.2. The summed E-state index contributed by atoms with van der Waals surface area (Å²) in [5.41, 5.74) is 7.21. The van der Waals surface area contributed by atoms with Crippen molar-refractivity contribution in [2.24, 2.45) is 11.8 Å². The highest BCUT2D eigenvalue weighted by Crippen LogP contribution is 2.36. The molecule has 7 rings (SSSR count). The monoisotopic (exact) mass is 628 g/mol. The average Bonchev–Trinajstić information content (AvgIpc) is 3.18. The Bertz CT molecular complexity index is 1980. The van der Waals surface area contributed by atoms with Crippen molar-refractivity contribution < 1.29 is 14.4 Å². The van der Waals surface area contributed by atoms with E-state index in [2.05, 4.69) is 54.7 Å². The number of hydrogen-bond donors (Lipinski definition) is 0. The van der Waals surface area contributed by atoms with Gasteiger partial charge in [0.15, 0.2) is 17.3 Å². The van der Waals surface area contributed by atoms with E-state index in [-0.39, 0.29) is 29.2 Å². The second-order valence-electron chi connectivity index (χ2n) is 13.0. The van der Waals surface area contributed by atoms with E-state index >= 15 is 0 Å². The van der Waals surface area contributed by atoms with Gasteiger partial charge < -0.3 is 0 Å². The summed E-state index contributed by atoms with van der Waals surface area (Å²) in [6.45, 7) is 0. The number of allylic oxidation sites excluding steroid dienone is 20. The van der Waals surface area contributed by atoms with Crippen LogP contribution in [0.1, 0.15) is 93.6 Å². The normalized spacial score (nSPS) is 21.5. The molecule has 0 aromatic heterocycles. The first kappa shape index (κ1) is 31.4. The smallest absolute Gasteiger partial charge is 0.193 e. The van der Waals surface area contributed by atoms with Crippen LogP contribution in [-0.4, -0.2) is 17.3 Å². The van der Waals surface area contributed by atoms with E-state index in [0.29, 0.717) is 33.4 Å². The van der Waals surface area contributed by atoms with Crippen LogP contribution < -0.4 is 0 Å². The van der Waals surface area contributed by atoms with Crippen LogP contribution in [0.3, 0.4) is 0 Å². The molecule has 3 nitrogen and oxygen atoms in total. The Kier molecular flexibility index (Phi) is 9.38. The number of ketones is 3. The number of rotatable bonds is 9. The van der Waals surface area contributed by atoms with E-state index < -0.39 is 0 Å². The highest BCUT2D eigenvalue weighted by atomic mass is 16.1. The Morgan fingerprint density at radius 1 is 0.625 bits per heavy atom. The first-order chi connectivity index (χ1) is 23.6. The lowest BCUT2D eigenvalue weighted by atomic mass is 9.78. The highest BCUT2D eigenvalue weighted by molar-refractivity contribution is 6.19. The van der Waals surface area contributed by atoms with Crippen molar-refractivity contribution in [1.29, 1.82) is 0 Å². The van der Waals surface area contributed by atoms with Gasteiger partial charge in [0.1, 0.15) is 0 Å². The van der Waals surface area contributed by atoms with Crippen LogP contribution in [0, 0.1) is 11.8 Å². The molecule has 0 N–H and O–H groups in total. The molecule has 48 heavy (non-hydrogen) atoms. The zero-order chi connectivity index (χ0) is 32.9. The maximum atomic E-state index is 14.5. The van der Waals surface area contributed by atoms with Gasteiger partial charge in [-0.1, -0.05) is 115 Å². The lowest BCUT2D eigenvalue weighted by molar-refractivity contribution is 0.102. The minimum absolute atomic E-state index is 0.0636. The van der Waals surface area contributed by atoms with Crippen molar-refractivity contribution in [3.05, 3.63) is 184 Å². The fourth-order valence-corrected chi connectivity index (χ4v) is 7.44. The Morgan fingerprint density at radius 2 is 1.38 bits per heavy atom. The number of Topliss-reactive ketones (excluding diaryl/α,β-unsaturated/α-hetero) is 2. The van der Waals surface area contributed by atoms with Crippen molar-refractivity contribution in [2.75, 3.05) is 0 Å². The number of hydrogen-bond acceptors (Lipinski definition) is 3. The molecular formula is C45H40O3. The van der Waals surface area contributed by atoms with Crippen LogP contribution in [0.25, 0.3) is 5.57 Å². The molecule has 0 aliphatic heterocycles.